The molecule has 0 spiro atoms. The van der Waals surface area contributed by atoms with Gasteiger partial charge in [-0.15, -0.1) is 0 Å². The number of hydrogen-bond donors (Lipinski definition) is 0. The molecule has 38 heavy (non-hydrogen) atoms. The first kappa shape index (κ1) is 24.3. The average Bonchev–Trinajstić information content (AvgIpc) is 3.19. The molecule has 4 aromatic carbocycles. The molecule has 1 aromatic heterocycles. The van der Waals surface area contributed by atoms with Gasteiger partial charge in [0.15, 0.2) is 5.43 Å². The number of carbonyl (C=O) groups excluding carboxylic acids is 1. The van der Waals surface area contributed by atoms with Crippen LogP contribution in [0.3, 0.4) is 0 Å². The van der Waals surface area contributed by atoms with Crippen LogP contribution in [-0.4, -0.2) is 10.8 Å². The van der Waals surface area contributed by atoms with Crippen LogP contribution in [0.1, 0.15) is 38.9 Å². The molecule has 1 aliphatic heterocycles. The quantitative estimate of drug-likeness (QED) is 0.226. The number of rotatable bonds is 5. The standard InChI is InChI=1S/C31H21Cl2NO4/c1-18-14-26-23(16-25(18)33)29(35)27-28(19-9-7-12-22(15-19)37-21-10-3-2-4-11-21)34(31(36)30(27)38-26)17-20-8-5-6-13-24(20)32/h2-16,28H,17H2,1H3. The summed E-state index contributed by atoms with van der Waals surface area (Å²) in [6.45, 7) is 2.01. The van der Waals surface area contributed by atoms with Crippen LogP contribution in [0.5, 0.6) is 11.5 Å². The number of benzene rings is 4. The minimum absolute atomic E-state index is 0.0238. The second-order valence-electron chi connectivity index (χ2n) is 9.19. The maximum atomic E-state index is 13.9. The molecule has 2 heterocycles. The number of carbonyl (C=O) groups is 1. The molecule has 0 fully saturated rings. The Hall–Kier alpha value is -4.06. The number of aryl methyl sites for hydroxylation is 1. The average molecular weight is 542 g/mol. The van der Waals surface area contributed by atoms with Crippen molar-refractivity contribution in [3.05, 3.63) is 139 Å². The topological polar surface area (TPSA) is 59.8 Å². The van der Waals surface area contributed by atoms with Crippen molar-refractivity contribution in [2.45, 2.75) is 19.5 Å². The Balaban J connectivity index is 1.53. The van der Waals surface area contributed by atoms with E-state index in [1.807, 2.05) is 79.7 Å². The van der Waals surface area contributed by atoms with Gasteiger partial charge in [0, 0.05) is 16.6 Å². The van der Waals surface area contributed by atoms with E-state index in [0.29, 0.717) is 38.1 Å². The molecule has 1 amide bonds. The van der Waals surface area contributed by atoms with Crippen LogP contribution in [0, 0.1) is 6.92 Å². The molecule has 0 saturated carbocycles. The van der Waals surface area contributed by atoms with Crippen molar-refractivity contribution in [2.75, 3.05) is 0 Å². The Morgan fingerprint density at radius 1 is 0.842 bits per heavy atom. The summed E-state index contributed by atoms with van der Waals surface area (Å²) in [6.07, 6.45) is 0. The van der Waals surface area contributed by atoms with Gasteiger partial charge < -0.3 is 14.1 Å². The van der Waals surface area contributed by atoms with Gasteiger partial charge in [-0.2, -0.15) is 0 Å². The highest BCUT2D eigenvalue weighted by molar-refractivity contribution is 6.32. The third kappa shape index (κ3) is 4.24. The molecule has 1 unspecified atom stereocenters. The summed E-state index contributed by atoms with van der Waals surface area (Å²) in [7, 11) is 0. The summed E-state index contributed by atoms with van der Waals surface area (Å²) in [5, 5.41) is 1.31. The maximum Gasteiger partial charge on any atom is 0.291 e. The van der Waals surface area contributed by atoms with Crippen molar-refractivity contribution in [1.82, 2.24) is 4.90 Å². The zero-order valence-corrected chi connectivity index (χ0v) is 21.8. The summed E-state index contributed by atoms with van der Waals surface area (Å²) in [5.74, 6) is 0.897. The van der Waals surface area contributed by atoms with Gasteiger partial charge in [0.05, 0.1) is 17.0 Å². The SMILES string of the molecule is Cc1cc2oc3c(c(=O)c2cc1Cl)C(c1cccc(Oc2ccccc2)c1)N(Cc1ccccc1Cl)C3=O. The van der Waals surface area contributed by atoms with Crippen molar-refractivity contribution < 1.29 is 13.9 Å². The number of fused-ring (bicyclic) bond motifs is 2. The monoisotopic (exact) mass is 541 g/mol. The lowest BCUT2D eigenvalue weighted by Gasteiger charge is -2.26. The number of hydrogen-bond acceptors (Lipinski definition) is 4. The van der Waals surface area contributed by atoms with E-state index in [1.165, 1.54) is 0 Å². The highest BCUT2D eigenvalue weighted by Gasteiger charge is 2.43. The van der Waals surface area contributed by atoms with Gasteiger partial charge in [0.25, 0.3) is 5.91 Å². The molecule has 188 valence electrons. The molecule has 0 saturated heterocycles. The Kier molecular flexibility index (Phi) is 6.18. The number of ether oxygens (including phenoxy) is 1. The lowest BCUT2D eigenvalue weighted by atomic mass is 9.97. The zero-order chi connectivity index (χ0) is 26.4. The summed E-state index contributed by atoms with van der Waals surface area (Å²) in [6, 6.07) is 26.7. The van der Waals surface area contributed by atoms with Crippen molar-refractivity contribution >= 4 is 40.1 Å². The smallest absolute Gasteiger partial charge is 0.291 e. The minimum Gasteiger partial charge on any atom is -0.457 e. The lowest BCUT2D eigenvalue weighted by molar-refractivity contribution is 0.0714. The maximum absolute atomic E-state index is 13.9. The van der Waals surface area contributed by atoms with Gasteiger partial charge in [-0.05, 0) is 66.1 Å². The molecule has 0 aliphatic carbocycles. The van der Waals surface area contributed by atoms with Gasteiger partial charge in [-0.3, -0.25) is 9.59 Å². The normalized spacial score (nSPS) is 14.7. The molecule has 0 radical (unpaired) electrons. The molecule has 7 heteroatoms. The van der Waals surface area contributed by atoms with Crippen molar-refractivity contribution in [1.29, 1.82) is 0 Å². The van der Waals surface area contributed by atoms with Crippen LogP contribution in [0.25, 0.3) is 11.0 Å². The molecule has 0 N–H and O–H groups in total. The summed E-state index contributed by atoms with van der Waals surface area (Å²) in [4.78, 5) is 29.3. The first-order valence-corrected chi connectivity index (χ1v) is 12.8. The van der Waals surface area contributed by atoms with Gasteiger partial charge in [-0.1, -0.05) is 71.7 Å². The molecule has 0 bridgehead atoms. The molecule has 6 rings (SSSR count). The van der Waals surface area contributed by atoms with Crippen molar-refractivity contribution in [3.63, 3.8) is 0 Å². The van der Waals surface area contributed by atoms with Gasteiger partial charge in [0.2, 0.25) is 5.76 Å². The molecule has 5 nitrogen and oxygen atoms in total. The number of amides is 1. The van der Waals surface area contributed by atoms with Crippen molar-refractivity contribution in [2.24, 2.45) is 0 Å². The van der Waals surface area contributed by atoms with Crippen LogP contribution in [0.4, 0.5) is 0 Å². The highest BCUT2D eigenvalue weighted by Crippen LogP contribution is 2.41. The van der Waals surface area contributed by atoms with E-state index in [0.717, 1.165) is 11.1 Å². The highest BCUT2D eigenvalue weighted by atomic mass is 35.5. The van der Waals surface area contributed by atoms with Crippen LogP contribution in [0.2, 0.25) is 10.0 Å². The second kappa shape index (κ2) is 9.67. The van der Waals surface area contributed by atoms with Crippen LogP contribution < -0.4 is 10.2 Å². The molecular weight excluding hydrogens is 521 g/mol. The Morgan fingerprint density at radius 3 is 2.37 bits per heavy atom. The van der Waals surface area contributed by atoms with E-state index in [-0.39, 0.29) is 29.2 Å². The van der Waals surface area contributed by atoms with Gasteiger partial charge in [0.1, 0.15) is 17.1 Å². The molecule has 1 atom stereocenters. The second-order valence-corrected chi connectivity index (χ2v) is 10.0. The van der Waals surface area contributed by atoms with Gasteiger partial charge in [-0.25, -0.2) is 0 Å². The van der Waals surface area contributed by atoms with E-state index < -0.39 is 6.04 Å². The fourth-order valence-electron chi connectivity index (χ4n) is 4.83. The van der Waals surface area contributed by atoms with E-state index in [4.69, 9.17) is 32.4 Å². The van der Waals surface area contributed by atoms with Crippen LogP contribution in [0.15, 0.2) is 100 Å². The summed E-state index contributed by atoms with van der Waals surface area (Å²) < 4.78 is 12.1. The van der Waals surface area contributed by atoms with Crippen molar-refractivity contribution in [3.8, 4) is 11.5 Å². The van der Waals surface area contributed by atoms with E-state index in [1.54, 1.807) is 23.1 Å². The number of halogens is 2. The zero-order valence-electron chi connectivity index (χ0n) is 20.3. The summed E-state index contributed by atoms with van der Waals surface area (Å²) >= 11 is 12.8. The Morgan fingerprint density at radius 2 is 1.58 bits per heavy atom. The first-order chi connectivity index (χ1) is 18.4. The van der Waals surface area contributed by atoms with Crippen LogP contribution in [-0.2, 0) is 6.54 Å². The fraction of sp³-hybridized carbons (Fsp3) is 0.0968. The predicted molar refractivity (Wildman–Crippen MR) is 148 cm³/mol. The van der Waals surface area contributed by atoms with E-state index in [2.05, 4.69) is 0 Å². The third-order valence-electron chi connectivity index (χ3n) is 6.70. The number of nitrogens with zero attached hydrogens (tertiary/aromatic N) is 1. The van der Waals surface area contributed by atoms with Crippen LogP contribution >= 0.6 is 23.2 Å². The number of para-hydroxylation sites is 1. The fourth-order valence-corrected chi connectivity index (χ4v) is 5.19. The minimum atomic E-state index is -0.714. The molecule has 5 aromatic rings. The predicted octanol–water partition coefficient (Wildman–Crippen LogP) is 7.95. The van der Waals surface area contributed by atoms with Gasteiger partial charge >= 0.3 is 0 Å². The molecular formula is C31H21Cl2NO4. The third-order valence-corrected chi connectivity index (χ3v) is 7.47. The van der Waals surface area contributed by atoms with E-state index in [9.17, 15) is 9.59 Å². The van der Waals surface area contributed by atoms with E-state index >= 15 is 0 Å². The first-order valence-electron chi connectivity index (χ1n) is 12.0. The Bertz CT molecular complexity index is 1760. The summed E-state index contributed by atoms with van der Waals surface area (Å²) in [5.41, 5.74) is 2.52. The largest absolute Gasteiger partial charge is 0.457 e. The lowest BCUT2D eigenvalue weighted by Crippen LogP contribution is -2.29. The Labute approximate surface area is 228 Å². The molecule has 1 aliphatic rings.